The van der Waals surface area contributed by atoms with Crippen molar-refractivity contribution in [3.8, 4) is 0 Å². The summed E-state index contributed by atoms with van der Waals surface area (Å²) >= 11 is 1.55. The maximum Gasteiger partial charge on any atom is 0.227 e. The Labute approximate surface area is 153 Å². The number of primary amides is 1. The van der Waals surface area contributed by atoms with Gasteiger partial charge in [0.25, 0.3) is 0 Å². The summed E-state index contributed by atoms with van der Waals surface area (Å²) in [6, 6.07) is 8.01. The highest BCUT2D eigenvalue weighted by molar-refractivity contribution is 7.99. The van der Waals surface area contributed by atoms with Gasteiger partial charge in [0.2, 0.25) is 11.8 Å². The van der Waals surface area contributed by atoms with Gasteiger partial charge in [0, 0.05) is 29.0 Å². The van der Waals surface area contributed by atoms with Crippen LogP contribution >= 0.6 is 11.8 Å². The fourth-order valence-corrected chi connectivity index (χ4v) is 5.17. The second-order valence-corrected chi connectivity index (χ2v) is 8.38. The van der Waals surface area contributed by atoms with Gasteiger partial charge >= 0.3 is 0 Å². The highest BCUT2D eigenvalue weighted by Gasteiger charge is 2.40. The molecule has 0 heterocycles. The lowest BCUT2D eigenvalue weighted by Gasteiger charge is -2.43. The van der Waals surface area contributed by atoms with Gasteiger partial charge in [-0.3, -0.25) is 9.59 Å². The molecule has 0 spiro atoms. The molecule has 1 aromatic carbocycles. The van der Waals surface area contributed by atoms with Crippen LogP contribution in [0.1, 0.15) is 38.5 Å². The number of nitrogens with one attached hydrogen (secondary N) is 1. The zero-order valence-corrected chi connectivity index (χ0v) is 15.3. The second kappa shape index (κ2) is 8.23. The van der Waals surface area contributed by atoms with Crippen LogP contribution in [0.2, 0.25) is 0 Å². The summed E-state index contributed by atoms with van der Waals surface area (Å²) in [6.45, 7) is 0. The monoisotopic (exact) mass is 361 g/mol. The smallest absolute Gasteiger partial charge is 0.227 e. The Morgan fingerprint density at radius 2 is 1.84 bits per heavy atom. The van der Waals surface area contributed by atoms with Crippen LogP contribution in [0.3, 0.4) is 0 Å². The minimum atomic E-state index is -0.306. The highest BCUT2D eigenvalue weighted by Crippen LogP contribution is 2.42. The first-order valence-electron chi connectivity index (χ1n) is 9.11. The van der Waals surface area contributed by atoms with Gasteiger partial charge in [0.15, 0.2) is 0 Å². The normalized spacial score (nSPS) is 28.4. The van der Waals surface area contributed by atoms with Crippen LogP contribution in [0.25, 0.3) is 0 Å². The molecule has 2 bridgehead atoms. The molecule has 2 saturated carbocycles. The first-order valence-corrected chi connectivity index (χ1v) is 10.1. The van der Waals surface area contributed by atoms with Crippen LogP contribution in [0, 0.1) is 17.8 Å². The van der Waals surface area contributed by atoms with Crippen molar-refractivity contribution in [2.75, 3.05) is 11.1 Å². The number of carbonyl (C=O) groups is 2. The topological polar surface area (TPSA) is 98.2 Å². The van der Waals surface area contributed by atoms with Crippen LogP contribution in [-0.4, -0.2) is 23.6 Å². The molecule has 1 aromatic rings. The zero-order valence-electron chi connectivity index (χ0n) is 14.4. The first kappa shape index (κ1) is 18.3. The Balaban J connectivity index is 1.62. The molecule has 0 aromatic heterocycles. The number of rotatable bonds is 6. The largest absolute Gasteiger partial charge is 0.370 e. The van der Waals surface area contributed by atoms with E-state index in [-0.39, 0.29) is 23.8 Å². The van der Waals surface area contributed by atoms with Crippen LogP contribution in [0.5, 0.6) is 0 Å². The fraction of sp³-hybridized carbons (Fsp3) is 0.579. The van der Waals surface area contributed by atoms with Gasteiger partial charge < -0.3 is 16.8 Å². The lowest BCUT2D eigenvalue weighted by Crippen LogP contribution is -2.48. The molecule has 5 N–H and O–H groups in total. The Kier molecular flexibility index (Phi) is 6.02. The van der Waals surface area contributed by atoms with E-state index < -0.39 is 0 Å². The number of benzene rings is 1. The third-order valence-electron chi connectivity index (χ3n) is 5.53. The quantitative estimate of drug-likeness (QED) is 0.679. The van der Waals surface area contributed by atoms with Crippen molar-refractivity contribution >= 4 is 29.3 Å². The Bertz CT molecular complexity index is 623. The SMILES string of the molecule is NC(=O)CCSc1ccccc1NC(=O)C1CC2CCCC(C1)C2N. The van der Waals surface area contributed by atoms with Crippen molar-refractivity contribution in [2.24, 2.45) is 29.2 Å². The van der Waals surface area contributed by atoms with E-state index in [1.807, 2.05) is 24.3 Å². The van der Waals surface area contributed by atoms with Gasteiger partial charge in [0.1, 0.15) is 0 Å². The molecule has 0 aliphatic heterocycles. The Morgan fingerprint density at radius 3 is 2.52 bits per heavy atom. The summed E-state index contributed by atoms with van der Waals surface area (Å²) in [5.74, 6) is 1.45. The molecule has 6 heteroatoms. The minimum Gasteiger partial charge on any atom is -0.370 e. The molecule has 0 saturated heterocycles. The van der Waals surface area contributed by atoms with Crippen molar-refractivity contribution in [3.63, 3.8) is 0 Å². The lowest BCUT2D eigenvalue weighted by molar-refractivity contribution is -0.122. The number of thioether (sulfide) groups is 1. The van der Waals surface area contributed by atoms with Crippen LogP contribution in [-0.2, 0) is 9.59 Å². The van der Waals surface area contributed by atoms with Crippen LogP contribution in [0.4, 0.5) is 5.69 Å². The minimum absolute atomic E-state index is 0.0544. The average Bonchev–Trinajstić information content (AvgIpc) is 2.55. The maximum absolute atomic E-state index is 12.8. The molecule has 2 unspecified atom stereocenters. The van der Waals surface area contributed by atoms with Crippen molar-refractivity contribution < 1.29 is 9.59 Å². The fourth-order valence-electron chi connectivity index (χ4n) is 4.20. The van der Waals surface area contributed by atoms with Crippen molar-refractivity contribution in [1.82, 2.24) is 0 Å². The van der Waals surface area contributed by atoms with E-state index in [1.165, 1.54) is 6.42 Å². The van der Waals surface area contributed by atoms with Crippen molar-refractivity contribution in [2.45, 2.75) is 49.5 Å². The summed E-state index contributed by atoms with van der Waals surface area (Å²) in [5, 5.41) is 3.11. The van der Waals surface area contributed by atoms with E-state index in [0.29, 0.717) is 24.0 Å². The van der Waals surface area contributed by atoms with Gasteiger partial charge in [-0.2, -0.15) is 0 Å². The summed E-state index contributed by atoms with van der Waals surface area (Å²) in [4.78, 5) is 24.7. The highest BCUT2D eigenvalue weighted by atomic mass is 32.2. The molecule has 3 rings (SSSR count). The standard InChI is InChI=1S/C19H27N3O2S/c20-17(23)8-9-25-16-7-2-1-6-15(16)22-19(24)14-10-12-4-3-5-13(11-14)18(12)21/h1-2,6-7,12-14,18H,3-5,8-11,21H2,(H2,20,23)(H,22,24). The summed E-state index contributed by atoms with van der Waals surface area (Å²) in [7, 11) is 0. The first-order chi connectivity index (χ1) is 12.0. The summed E-state index contributed by atoms with van der Waals surface area (Å²) < 4.78 is 0. The predicted molar refractivity (Wildman–Crippen MR) is 101 cm³/mol. The molecule has 25 heavy (non-hydrogen) atoms. The van der Waals surface area contributed by atoms with Crippen molar-refractivity contribution in [1.29, 1.82) is 0 Å². The number of hydrogen-bond acceptors (Lipinski definition) is 4. The third-order valence-corrected chi connectivity index (χ3v) is 6.61. The predicted octanol–water partition coefficient (Wildman–Crippen LogP) is 2.75. The number of anilines is 1. The van der Waals surface area contributed by atoms with Crippen LogP contribution in [0.15, 0.2) is 29.2 Å². The molecule has 5 nitrogen and oxygen atoms in total. The third kappa shape index (κ3) is 4.55. The van der Waals surface area contributed by atoms with Gasteiger partial charge in [0.05, 0.1) is 5.69 Å². The van der Waals surface area contributed by atoms with Crippen LogP contribution < -0.4 is 16.8 Å². The van der Waals surface area contributed by atoms with E-state index >= 15 is 0 Å². The van der Waals surface area contributed by atoms with Gasteiger partial charge in [-0.15, -0.1) is 11.8 Å². The number of nitrogens with two attached hydrogens (primary N) is 2. The molecular weight excluding hydrogens is 334 g/mol. The lowest BCUT2D eigenvalue weighted by atomic mass is 9.65. The number of hydrogen-bond donors (Lipinski definition) is 3. The van der Waals surface area contributed by atoms with E-state index in [1.54, 1.807) is 11.8 Å². The van der Waals surface area contributed by atoms with Crippen molar-refractivity contribution in [3.05, 3.63) is 24.3 Å². The van der Waals surface area contributed by atoms with Gasteiger partial charge in [-0.1, -0.05) is 18.6 Å². The second-order valence-electron chi connectivity index (χ2n) is 7.25. The number of fused-ring (bicyclic) bond motifs is 2. The molecule has 136 valence electrons. The zero-order chi connectivity index (χ0) is 17.8. The maximum atomic E-state index is 12.8. The summed E-state index contributed by atoms with van der Waals surface area (Å²) in [6.07, 6.45) is 5.69. The van der Waals surface area contributed by atoms with Gasteiger partial charge in [-0.25, -0.2) is 0 Å². The molecule has 0 radical (unpaired) electrons. The van der Waals surface area contributed by atoms with Gasteiger partial charge in [-0.05, 0) is 49.7 Å². The number of para-hydroxylation sites is 1. The van der Waals surface area contributed by atoms with E-state index in [2.05, 4.69) is 5.32 Å². The summed E-state index contributed by atoms with van der Waals surface area (Å²) in [5.41, 5.74) is 12.3. The Hall–Kier alpha value is -1.53. The molecular formula is C19H27N3O2S. The molecule has 2 aliphatic rings. The number of amides is 2. The molecule has 2 atom stereocenters. The molecule has 2 aliphatic carbocycles. The Morgan fingerprint density at radius 1 is 1.16 bits per heavy atom. The van der Waals surface area contributed by atoms with E-state index in [4.69, 9.17) is 11.5 Å². The molecule has 2 amide bonds. The molecule has 2 fully saturated rings. The number of carbonyl (C=O) groups excluding carboxylic acids is 2. The average molecular weight is 362 g/mol. The van der Waals surface area contributed by atoms with E-state index in [9.17, 15) is 9.59 Å². The van der Waals surface area contributed by atoms with E-state index in [0.717, 1.165) is 36.3 Å².